The standard InChI is InChI=1S/C21H22N6O3/c1-5-12-6-7-16-14(8-12)19-20(23-16)24-21(27-25-19)26-22-11-15-17(29-3)9-13(28-2)10-18(15)30-4/h6-11H,5H2,1-4H3,(H2,23,24,26,27)/b22-11-. The summed E-state index contributed by atoms with van der Waals surface area (Å²) in [7, 11) is 4.72. The summed E-state index contributed by atoms with van der Waals surface area (Å²) in [5, 5.41) is 13.7. The van der Waals surface area contributed by atoms with Gasteiger partial charge in [-0.15, -0.1) is 10.2 Å². The average Bonchev–Trinajstić information content (AvgIpc) is 3.15. The van der Waals surface area contributed by atoms with E-state index in [2.05, 4.69) is 49.7 Å². The number of fused-ring (bicyclic) bond motifs is 3. The van der Waals surface area contributed by atoms with Gasteiger partial charge in [-0.1, -0.05) is 13.0 Å². The molecular weight excluding hydrogens is 384 g/mol. The summed E-state index contributed by atoms with van der Waals surface area (Å²) in [6.45, 7) is 2.12. The smallest absolute Gasteiger partial charge is 0.265 e. The number of hydrazone groups is 1. The number of ether oxygens (including phenoxy) is 3. The van der Waals surface area contributed by atoms with Crippen LogP contribution in [0.25, 0.3) is 22.1 Å². The van der Waals surface area contributed by atoms with E-state index < -0.39 is 0 Å². The summed E-state index contributed by atoms with van der Waals surface area (Å²) >= 11 is 0. The van der Waals surface area contributed by atoms with E-state index in [1.54, 1.807) is 39.7 Å². The van der Waals surface area contributed by atoms with E-state index in [4.69, 9.17) is 14.2 Å². The minimum absolute atomic E-state index is 0.271. The lowest BCUT2D eigenvalue weighted by Gasteiger charge is -2.12. The molecule has 30 heavy (non-hydrogen) atoms. The molecule has 2 heterocycles. The number of benzene rings is 2. The van der Waals surface area contributed by atoms with Gasteiger partial charge in [-0.05, 0) is 24.1 Å². The zero-order chi connectivity index (χ0) is 21.1. The van der Waals surface area contributed by atoms with Crippen molar-refractivity contribution >= 4 is 34.2 Å². The van der Waals surface area contributed by atoms with Gasteiger partial charge in [0.2, 0.25) is 0 Å². The van der Waals surface area contributed by atoms with Gasteiger partial charge in [0.1, 0.15) is 22.8 Å². The van der Waals surface area contributed by atoms with Crippen molar-refractivity contribution in [1.29, 1.82) is 0 Å². The van der Waals surface area contributed by atoms with Crippen LogP contribution in [0, 0.1) is 0 Å². The highest BCUT2D eigenvalue weighted by Gasteiger charge is 2.12. The molecule has 0 radical (unpaired) electrons. The molecule has 2 N–H and O–H groups in total. The maximum atomic E-state index is 5.42. The van der Waals surface area contributed by atoms with Crippen LogP contribution in [-0.2, 0) is 6.42 Å². The van der Waals surface area contributed by atoms with Crippen molar-refractivity contribution in [3.8, 4) is 17.2 Å². The molecule has 2 aromatic heterocycles. The van der Waals surface area contributed by atoms with E-state index in [1.807, 2.05) is 6.07 Å². The highest BCUT2D eigenvalue weighted by atomic mass is 16.5. The third-order valence-corrected chi connectivity index (χ3v) is 4.80. The van der Waals surface area contributed by atoms with Gasteiger partial charge in [0.25, 0.3) is 5.95 Å². The van der Waals surface area contributed by atoms with Gasteiger partial charge in [0, 0.05) is 23.0 Å². The second kappa shape index (κ2) is 8.24. The number of aryl methyl sites for hydroxylation is 1. The molecule has 0 aliphatic heterocycles. The molecule has 0 saturated heterocycles. The van der Waals surface area contributed by atoms with Crippen molar-refractivity contribution in [3.63, 3.8) is 0 Å². The van der Waals surface area contributed by atoms with Crippen molar-refractivity contribution in [3.05, 3.63) is 41.5 Å². The van der Waals surface area contributed by atoms with Gasteiger partial charge in [0.15, 0.2) is 5.65 Å². The monoisotopic (exact) mass is 406 g/mol. The molecule has 4 rings (SSSR count). The van der Waals surface area contributed by atoms with Crippen LogP contribution in [0.1, 0.15) is 18.1 Å². The number of rotatable bonds is 7. The highest BCUT2D eigenvalue weighted by Crippen LogP contribution is 2.32. The van der Waals surface area contributed by atoms with Crippen LogP contribution in [0.5, 0.6) is 17.2 Å². The number of hydrogen-bond acceptors (Lipinski definition) is 8. The number of nitrogens with one attached hydrogen (secondary N) is 2. The summed E-state index contributed by atoms with van der Waals surface area (Å²) in [5.41, 5.74) is 7.04. The Morgan fingerprint density at radius 1 is 1.03 bits per heavy atom. The summed E-state index contributed by atoms with van der Waals surface area (Å²) in [6, 6.07) is 9.74. The lowest BCUT2D eigenvalue weighted by atomic mass is 10.1. The molecule has 4 aromatic rings. The topological polar surface area (TPSA) is 107 Å². The molecule has 0 unspecified atom stereocenters. The summed E-state index contributed by atoms with van der Waals surface area (Å²) in [6.07, 6.45) is 2.53. The van der Waals surface area contributed by atoms with Crippen LogP contribution in [0.15, 0.2) is 35.4 Å². The van der Waals surface area contributed by atoms with Crippen molar-refractivity contribution in [2.24, 2.45) is 5.10 Å². The fourth-order valence-electron chi connectivity index (χ4n) is 3.20. The lowest BCUT2D eigenvalue weighted by molar-refractivity contribution is 0.374. The Bertz CT molecular complexity index is 1210. The Kier molecular flexibility index (Phi) is 5.34. The largest absolute Gasteiger partial charge is 0.496 e. The Hall–Kier alpha value is -3.88. The zero-order valence-electron chi connectivity index (χ0n) is 17.2. The van der Waals surface area contributed by atoms with Gasteiger partial charge >= 0.3 is 0 Å². The van der Waals surface area contributed by atoms with Crippen LogP contribution in [0.4, 0.5) is 5.95 Å². The fraction of sp³-hybridized carbons (Fsp3) is 0.238. The fourth-order valence-corrected chi connectivity index (χ4v) is 3.20. The molecule has 0 saturated carbocycles. The van der Waals surface area contributed by atoms with E-state index in [0.29, 0.717) is 28.5 Å². The minimum atomic E-state index is 0.271. The Balaban J connectivity index is 1.62. The Morgan fingerprint density at radius 3 is 2.47 bits per heavy atom. The number of nitrogens with zero attached hydrogens (tertiary/aromatic N) is 4. The predicted octanol–water partition coefficient (Wildman–Crippen LogP) is 3.54. The van der Waals surface area contributed by atoms with E-state index in [1.165, 1.54) is 5.56 Å². The van der Waals surface area contributed by atoms with Crippen LogP contribution >= 0.6 is 0 Å². The number of aromatic amines is 1. The van der Waals surface area contributed by atoms with Crippen molar-refractivity contribution in [2.45, 2.75) is 13.3 Å². The molecular formula is C21H22N6O3. The molecule has 0 aliphatic carbocycles. The molecule has 9 heteroatoms. The van der Waals surface area contributed by atoms with E-state index in [9.17, 15) is 0 Å². The minimum Gasteiger partial charge on any atom is -0.496 e. The molecule has 0 aliphatic rings. The summed E-state index contributed by atoms with van der Waals surface area (Å²) < 4.78 is 16.1. The van der Waals surface area contributed by atoms with E-state index in [-0.39, 0.29) is 5.95 Å². The van der Waals surface area contributed by atoms with Gasteiger partial charge in [-0.25, -0.2) is 5.43 Å². The van der Waals surface area contributed by atoms with Crippen LogP contribution < -0.4 is 19.6 Å². The molecule has 154 valence electrons. The van der Waals surface area contributed by atoms with E-state index in [0.717, 1.165) is 22.8 Å². The van der Waals surface area contributed by atoms with Crippen LogP contribution in [0.2, 0.25) is 0 Å². The van der Waals surface area contributed by atoms with Crippen molar-refractivity contribution in [2.75, 3.05) is 26.8 Å². The molecule has 9 nitrogen and oxygen atoms in total. The Morgan fingerprint density at radius 2 is 1.80 bits per heavy atom. The lowest BCUT2D eigenvalue weighted by Crippen LogP contribution is -2.01. The maximum absolute atomic E-state index is 5.42. The predicted molar refractivity (Wildman–Crippen MR) is 116 cm³/mol. The molecule has 0 spiro atoms. The van der Waals surface area contributed by atoms with Gasteiger partial charge in [-0.3, -0.25) is 0 Å². The van der Waals surface area contributed by atoms with Gasteiger partial charge in [-0.2, -0.15) is 10.1 Å². The summed E-state index contributed by atoms with van der Waals surface area (Å²) in [4.78, 5) is 7.74. The quantitative estimate of drug-likeness (QED) is 0.357. The molecule has 0 atom stereocenters. The Labute approximate surface area is 173 Å². The van der Waals surface area contributed by atoms with Crippen LogP contribution in [0.3, 0.4) is 0 Å². The van der Waals surface area contributed by atoms with Gasteiger partial charge < -0.3 is 19.2 Å². The van der Waals surface area contributed by atoms with E-state index >= 15 is 0 Å². The number of anilines is 1. The molecule has 2 aromatic carbocycles. The molecule has 0 fully saturated rings. The maximum Gasteiger partial charge on any atom is 0.265 e. The zero-order valence-corrected chi connectivity index (χ0v) is 17.2. The third-order valence-electron chi connectivity index (χ3n) is 4.80. The highest BCUT2D eigenvalue weighted by molar-refractivity contribution is 6.03. The first-order chi connectivity index (χ1) is 14.7. The number of methoxy groups -OCH3 is 3. The first-order valence-electron chi connectivity index (χ1n) is 9.41. The first kappa shape index (κ1) is 19.4. The van der Waals surface area contributed by atoms with Crippen molar-refractivity contribution < 1.29 is 14.2 Å². The third kappa shape index (κ3) is 3.57. The second-order valence-electron chi connectivity index (χ2n) is 6.51. The number of aromatic nitrogens is 4. The average molecular weight is 406 g/mol. The normalized spacial score (nSPS) is 11.3. The number of H-pyrrole nitrogens is 1. The van der Waals surface area contributed by atoms with Gasteiger partial charge in [0.05, 0.1) is 33.1 Å². The summed E-state index contributed by atoms with van der Waals surface area (Å²) in [5.74, 6) is 2.02. The van der Waals surface area contributed by atoms with Crippen LogP contribution in [-0.4, -0.2) is 47.7 Å². The molecule has 0 amide bonds. The number of hydrogen-bond donors (Lipinski definition) is 2. The van der Waals surface area contributed by atoms with Crippen molar-refractivity contribution in [1.82, 2.24) is 20.2 Å². The first-order valence-corrected chi connectivity index (χ1v) is 9.41. The SMILES string of the molecule is CCc1ccc2[nH]c3nc(N/N=C\c4c(OC)cc(OC)cc4OC)nnc3c2c1. The second-order valence-corrected chi connectivity index (χ2v) is 6.51. The molecule has 0 bridgehead atoms.